The minimum absolute atomic E-state index is 0.331. The van der Waals surface area contributed by atoms with Gasteiger partial charge in [0.2, 0.25) is 5.89 Å². The first kappa shape index (κ1) is 24.3. The van der Waals surface area contributed by atoms with Crippen molar-refractivity contribution in [1.82, 2.24) is 25.1 Å². The normalized spacial score (nSPS) is 13.7. The predicted octanol–water partition coefficient (Wildman–Crippen LogP) is 6.38. The van der Waals surface area contributed by atoms with Gasteiger partial charge in [-0.15, -0.1) is 10.2 Å². The van der Waals surface area contributed by atoms with Gasteiger partial charge in [0.05, 0.1) is 7.11 Å². The van der Waals surface area contributed by atoms with Crippen LogP contribution in [0.15, 0.2) is 65.3 Å². The maximum absolute atomic E-state index is 14.2. The van der Waals surface area contributed by atoms with Crippen LogP contribution in [-0.2, 0) is 13.6 Å². The summed E-state index contributed by atoms with van der Waals surface area (Å²) in [5.41, 5.74) is 5.69. The highest BCUT2D eigenvalue weighted by Crippen LogP contribution is 2.36. The lowest BCUT2D eigenvalue weighted by molar-refractivity contribution is 0.292. The first-order valence-corrected chi connectivity index (χ1v) is 13.0. The van der Waals surface area contributed by atoms with Crippen molar-refractivity contribution >= 4 is 11.1 Å². The molecule has 1 fully saturated rings. The molecule has 1 N–H and O–H groups in total. The largest absolute Gasteiger partial charge is 0.493 e. The molecule has 0 aliphatic heterocycles. The zero-order valence-electron chi connectivity index (χ0n) is 21.6. The summed E-state index contributed by atoms with van der Waals surface area (Å²) in [6.45, 7) is 1.77. The number of aryl methyl sites for hydroxylation is 1. The summed E-state index contributed by atoms with van der Waals surface area (Å²) in [5, 5.41) is 11.7. The monoisotopic (exact) mass is 511 g/mol. The molecule has 0 unspecified atom stereocenters. The topological polar surface area (TPSA) is 78.0 Å². The molecular weight excluding hydrogens is 481 g/mol. The summed E-state index contributed by atoms with van der Waals surface area (Å²) in [7, 11) is 3.48. The third-order valence-electron chi connectivity index (χ3n) is 7.37. The lowest BCUT2D eigenvalue weighted by Gasteiger charge is -2.25. The SMILES string of the molecule is COc1cc(CNCCC2CCC2)cc2nc(-c3cccc(-c4ccc(F)cc4-c4nncn4C)c3)oc12. The highest BCUT2D eigenvalue weighted by molar-refractivity contribution is 5.85. The van der Waals surface area contributed by atoms with Gasteiger partial charge in [-0.2, -0.15) is 0 Å². The number of hydrogen-bond acceptors (Lipinski definition) is 6. The summed E-state index contributed by atoms with van der Waals surface area (Å²) in [6.07, 6.45) is 6.95. The molecule has 3 aromatic carbocycles. The molecule has 6 rings (SSSR count). The van der Waals surface area contributed by atoms with E-state index in [2.05, 4.69) is 21.6 Å². The van der Waals surface area contributed by atoms with Crippen LogP contribution in [0.4, 0.5) is 4.39 Å². The van der Waals surface area contributed by atoms with E-state index in [1.807, 2.05) is 37.4 Å². The summed E-state index contributed by atoms with van der Waals surface area (Å²) in [6, 6.07) is 16.6. The van der Waals surface area contributed by atoms with Crippen LogP contribution in [0.25, 0.3) is 45.1 Å². The Morgan fingerprint density at radius 1 is 1.08 bits per heavy atom. The van der Waals surface area contributed by atoms with E-state index in [0.717, 1.165) is 46.8 Å². The number of benzene rings is 3. The number of nitrogens with one attached hydrogen (secondary N) is 1. The number of methoxy groups -OCH3 is 1. The molecule has 1 aliphatic rings. The molecule has 8 heteroatoms. The summed E-state index contributed by atoms with van der Waals surface area (Å²) in [4.78, 5) is 4.81. The maximum Gasteiger partial charge on any atom is 0.227 e. The van der Waals surface area contributed by atoms with Crippen LogP contribution in [0.3, 0.4) is 0 Å². The van der Waals surface area contributed by atoms with Gasteiger partial charge in [-0.3, -0.25) is 0 Å². The van der Waals surface area contributed by atoms with E-state index >= 15 is 0 Å². The quantitative estimate of drug-likeness (QED) is 0.231. The van der Waals surface area contributed by atoms with Crippen molar-refractivity contribution in [1.29, 1.82) is 0 Å². The van der Waals surface area contributed by atoms with Crippen LogP contribution in [0, 0.1) is 11.7 Å². The molecule has 7 nitrogen and oxygen atoms in total. The standard InChI is InChI=1S/C30H30FN5O2/c1-36-18-33-35-29(36)25-16-23(31)9-10-24(25)21-7-4-8-22(15-21)30-34-26-13-20(14-27(37-2)28(26)38-30)17-32-12-11-19-5-3-6-19/h4,7-10,13-16,18-19,32H,3,5-6,11-12,17H2,1-2H3. The van der Waals surface area contributed by atoms with Gasteiger partial charge in [0.15, 0.2) is 17.2 Å². The number of rotatable bonds is 9. The van der Waals surface area contributed by atoms with Crippen LogP contribution < -0.4 is 10.1 Å². The molecule has 0 saturated heterocycles. The Morgan fingerprint density at radius 3 is 2.71 bits per heavy atom. The van der Waals surface area contributed by atoms with Gasteiger partial charge in [0.25, 0.3) is 0 Å². The maximum atomic E-state index is 14.2. The number of aromatic nitrogens is 4. The lowest BCUT2D eigenvalue weighted by atomic mass is 9.83. The van der Waals surface area contributed by atoms with E-state index < -0.39 is 0 Å². The number of fused-ring (bicyclic) bond motifs is 1. The van der Waals surface area contributed by atoms with E-state index in [1.54, 1.807) is 24.1 Å². The van der Waals surface area contributed by atoms with Crippen LogP contribution in [0.5, 0.6) is 5.75 Å². The van der Waals surface area contributed by atoms with Crippen LogP contribution in [0.1, 0.15) is 31.2 Å². The van der Waals surface area contributed by atoms with Crippen molar-refractivity contribution in [2.75, 3.05) is 13.7 Å². The fraction of sp³-hybridized carbons (Fsp3) is 0.300. The fourth-order valence-electron chi connectivity index (χ4n) is 5.06. The number of ether oxygens (including phenoxy) is 1. The van der Waals surface area contributed by atoms with Crippen molar-refractivity contribution in [2.45, 2.75) is 32.2 Å². The third kappa shape index (κ3) is 4.79. The molecule has 5 aromatic rings. The molecule has 0 radical (unpaired) electrons. The zero-order chi connectivity index (χ0) is 26.1. The lowest BCUT2D eigenvalue weighted by Crippen LogP contribution is -2.21. The third-order valence-corrected chi connectivity index (χ3v) is 7.37. The summed E-state index contributed by atoms with van der Waals surface area (Å²) >= 11 is 0. The average Bonchev–Trinajstić information content (AvgIpc) is 3.53. The molecule has 0 amide bonds. The minimum Gasteiger partial charge on any atom is -0.493 e. The number of oxazole rings is 1. The molecule has 38 heavy (non-hydrogen) atoms. The number of hydrogen-bond donors (Lipinski definition) is 1. The molecule has 1 aliphatic carbocycles. The van der Waals surface area contributed by atoms with Gasteiger partial charge in [-0.05, 0) is 72.0 Å². The van der Waals surface area contributed by atoms with Crippen LogP contribution >= 0.6 is 0 Å². The second kappa shape index (κ2) is 10.4. The molecule has 0 spiro atoms. The Labute approximate surface area is 220 Å². The van der Waals surface area contributed by atoms with E-state index in [9.17, 15) is 4.39 Å². The molecule has 2 heterocycles. The van der Waals surface area contributed by atoms with Crippen molar-refractivity contribution in [3.8, 4) is 39.7 Å². The van der Waals surface area contributed by atoms with Gasteiger partial charge in [0.1, 0.15) is 17.7 Å². The van der Waals surface area contributed by atoms with Crippen molar-refractivity contribution in [3.63, 3.8) is 0 Å². The summed E-state index contributed by atoms with van der Waals surface area (Å²) in [5.74, 6) is 2.31. The number of halogens is 1. The molecule has 0 atom stereocenters. The van der Waals surface area contributed by atoms with Crippen molar-refractivity contribution in [3.05, 3.63) is 72.3 Å². The molecule has 0 bridgehead atoms. The Morgan fingerprint density at radius 2 is 1.95 bits per heavy atom. The van der Waals surface area contributed by atoms with Gasteiger partial charge >= 0.3 is 0 Å². The van der Waals surface area contributed by atoms with Crippen molar-refractivity contribution in [2.24, 2.45) is 13.0 Å². The highest BCUT2D eigenvalue weighted by Gasteiger charge is 2.18. The van der Waals surface area contributed by atoms with Gasteiger partial charge < -0.3 is 19.0 Å². The van der Waals surface area contributed by atoms with E-state index in [-0.39, 0.29) is 5.82 Å². The molecular formula is C30H30FN5O2. The minimum atomic E-state index is -0.331. The van der Waals surface area contributed by atoms with Crippen molar-refractivity contribution < 1.29 is 13.5 Å². The van der Waals surface area contributed by atoms with E-state index in [1.165, 1.54) is 37.8 Å². The zero-order valence-corrected chi connectivity index (χ0v) is 21.6. The van der Waals surface area contributed by atoms with Gasteiger partial charge in [-0.1, -0.05) is 37.5 Å². The highest BCUT2D eigenvalue weighted by atomic mass is 19.1. The van der Waals surface area contributed by atoms with Crippen LogP contribution in [-0.4, -0.2) is 33.4 Å². The van der Waals surface area contributed by atoms with E-state index in [4.69, 9.17) is 14.1 Å². The Bertz CT molecular complexity index is 1590. The Kier molecular flexibility index (Phi) is 6.64. The smallest absolute Gasteiger partial charge is 0.227 e. The first-order valence-electron chi connectivity index (χ1n) is 13.0. The molecule has 194 valence electrons. The second-order valence-electron chi connectivity index (χ2n) is 9.96. The fourth-order valence-corrected chi connectivity index (χ4v) is 5.06. The molecule has 1 saturated carbocycles. The molecule has 2 aromatic heterocycles. The van der Waals surface area contributed by atoms with Gasteiger partial charge in [0, 0.05) is 24.7 Å². The van der Waals surface area contributed by atoms with E-state index in [0.29, 0.717) is 28.6 Å². The Balaban J connectivity index is 1.30. The average molecular weight is 512 g/mol. The van der Waals surface area contributed by atoms with Crippen LogP contribution in [0.2, 0.25) is 0 Å². The van der Waals surface area contributed by atoms with Gasteiger partial charge in [-0.25, -0.2) is 9.37 Å². The number of nitrogens with zero attached hydrogens (tertiary/aromatic N) is 4. The Hall–Kier alpha value is -4.04. The second-order valence-corrected chi connectivity index (χ2v) is 9.96. The predicted molar refractivity (Wildman–Crippen MR) is 145 cm³/mol. The summed E-state index contributed by atoms with van der Waals surface area (Å²) < 4.78 is 27.8. The first-order chi connectivity index (χ1) is 18.6.